The number of hydrogen-bond acceptors (Lipinski definition) is 5. The number of hydrogen-bond donors (Lipinski definition) is 0. The standard InChI is InChI=1S/C20H15Cl2NO4/c1-11-2-4-13-14(21)9-15(22)20(19(13)23-11)27-10-16(24)12-3-5-17-18(8-12)26-7-6-25-17/h2-5,8-9H,6-7,10H2,1H3. The number of nitrogens with zero attached hydrogens (tertiary/aromatic N) is 1. The molecule has 0 fully saturated rings. The van der Waals surface area contributed by atoms with E-state index in [0.717, 1.165) is 5.69 Å². The van der Waals surface area contributed by atoms with Crippen LogP contribution >= 0.6 is 23.2 Å². The zero-order valence-corrected chi connectivity index (χ0v) is 15.9. The number of rotatable bonds is 4. The van der Waals surface area contributed by atoms with E-state index in [-0.39, 0.29) is 12.4 Å². The van der Waals surface area contributed by atoms with E-state index < -0.39 is 0 Å². The van der Waals surface area contributed by atoms with Crippen LogP contribution in [0.15, 0.2) is 36.4 Å². The average molecular weight is 404 g/mol. The number of carbonyl (C=O) groups excluding carboxylic acids is 1. The van der Waals surface area contributed by atoms with Crippen molar-refractivity contribution in [2.24, 2.45) is 0 Å². The molecule has 2 aromatic carbocycles. The van der Waals surface area contributed by atoms with Gasteiger partial charge in [0.1, 0.15) is 18.7 Å². The van der Waals surface area contributed by atoms with E-state index in [1.165, 1.54) is 0 Å². The topological polar surface area (TPSA) is 57.7 Å². The molecule has 1 aliphatic rings. The van der Waals surface area contributed by atoms with Crippen molar-refractivity contribution in [3.63, 3.8) is 0 Å². The van der Waals surface area contributed by atoms with Crippen LogP contribution in [0.2, 0.25) is 10.0 Å². The van der Waals surface area contributed by atoms with Gasteiger partial charge in [-0.3, -0.25) is 4.79 Å². The summed E-state index contributed by atoms with van der Waals surface area (Å²) in [5.41, 5.74) is 1.80. The Morgan fingerprint density at radius 3 is 2.67 bits per heavy atom. The van der Waals surface area contributed by atoms with Crippen molar-refractivity contribution in [3.05, 3.63) is 57.7 Å². The minimum absolute atomic E-state index is 0.189. The van der Waals surface area contributed by atoms with E-state index in [0.29, 0.717) is 57.0 Å². The van der Waals surface area contributed by atoms with E-state index in [1.54, 1.807) is 24.3 Å². The minimum Gasteiger partial charge on any atom is -0.486 e. The Balaban J connectivity index is 1.60. The van der Waals surface area contributed by atoms with Crippen molar-refractivity contribution in [1.82, 2.24) is 4.98 Å². The molecule has 138 valence electrons. The number of benzene rings is 2. The van der Waals surface area contributed by atoms with Crippen molar-refractivity contribution in [1.29, 1.82) is 0 Å². The number of ketones is 1. The van der Waals surface area contributed by atoms with E-state index in [2.05, 4.69) is 4.98 Å². The zero-order valence-electron chi connectivity index (χ0n) is 14.4. The maximum Gasteiger partial charge on any atom is 0.200 e. The molecule has 0 unspecified atom stereocenters. The fourth-order valence-electron chi connectivity index (χ4n) is 2.87. The highest BCUT2D eigenvalue weighted by Gasteiger charge is 2.18. The van der Waals surface area contributed by atoms with Crippen LogP contribution in [0.4, 0.5) is 0 Å². The first-order chi connectivity index (χ1) is 13.0. The molecule has 0 bridgehead atoms. The van der Waals surface area contributed by atoms with Crippen LogP contribution in [0.1, 0.15) is 16.1 Å². The molecule has 1 aromatic heterocycles. The number of aromatic nitrogens is 1. The molecular weight excluding hydrogens is 389 g/mol. The molecule has 5 nitrogen and oxygen atoms in total. The Hall–Kier alpha value is -2.50. The predicted molar refractivity (Wildman–Crippen MR) is 104 cm³/mol. The number of carbonyl (C=O) groups is 1. The van der Waals surface area contributed by atoms with Crippen molar-refractivity contribution >= 4 is 39.9 Å². The zero-order chi connectivity index (χ0) is 19.0. The van der Waals surface area contributed by atoms with Crippen LogP contribution in [0.5, 0.6) is 17.2 Å². The van der Waals surface area contributed by atoms with Gasteiger partial charge in [-0.15, -0.1) is 0 Å². The first kappa shape index (κ1) is 17.9. The van der Waals surface area contributed by atoms with Crippen molar-refractivity contribution in [3.8, 4) is 17.2 Å². The molecule has 0 amide bonds. The summed E-state index contributed by atoms with van der Waals surface area (Å²) in [6, 6.07) is 10.4. The molecular formula is C20H15Cl2NO4. The minimum atomic E-state index is -0.209. The Kier molecular flexibility index (Phi) is 4.81. The van der Waals surface area contributed by atoms with Gasteiger partial charge >= 0.3 is 0 Å². The third-order valence-corrected chi connectivity index (χ3v) is 4.78. The first-order valence-electron chi connectivity index (χ1n) is 8.34. The first-order valence-corrected chi connectivity index (χ1v) is 9.09. The largest absolute Gasteiger partial charge is 0.486 e. The van der Waals surface area contributed by atoms with E-state index in [1.807, 2.05) is 19.1 Å². The summed E-state index contributed by atoms with van der Waals surface area (Å²) in [6.07, 6.45) is 0. The van der Waals surface area contributed by atoms with Gasteiger partial charge in [0, 0.05) is 16.6 Å². The molecule has 0 aliphatic carbocycles. The van der Waals surface area contributed by atoms with E-state index in [9.17, 15) is 4.79 Å². The highest BCUT2D eigenvalue weighted by Crippen LogP contribution is 2.37. The van der Waals surface area contributed by atoms with Gasteiger partial charge in [0.15, 0.2) is 29.6 Å². The molecule has 2 heterocycles. The van der Waals surface area contributed by atoms with E-state index in [4.69, 9.17) is 37.4 Å². The lowest BCUT2D eigenvalue weighted by molar-refractivity contribution is 0.0921. The molecule has 4 rings (SSSR count). The second-order valence-electron chi connectivity index (χ2n) is 6.09. The lowest BCUT2D eigenvalue weighted by atomic mass is 10.1. The van der Waals surface area contributed by atoms with Crippen LogP contribution in [-0.4, -0.2) is 30.6 Å². The third-order valence-electron chi connectivity index (χ3n) is 4.19. The van der Waals surface area contributed by atoms with Gasteiger partial charge in [0.25, 0.3) is 0 Å². The van der Waals surface area contributed by atoms with Crippen molar-refractivity contribution in [2.45, 2.75) is 6.92 Å². The van der Waals surface area contributed by atoms with Crippen LogP contribution in [0.25, 0.3) is 10.9 Å². The quantitative estimate of drug-likeness (QED) is 0.580. The van der Waals surface area contributed by atoms with Crippen LogP contribution in [-0.2, 0) is 0 Å². The summed E-state index contributed by atoms with van der Waals surface area (Å²) in [7, 11) is 0. The summed E-state index contributed by atoms with van der Waals surface area (Å²) in [4.78, 5) is 17.0. The molecule has 27 heavy (non-hydrogen) atoms. The number of Topliss-reactive ketones (excluding diaryl/α,β-unsaturated/α-hetero) is 1. The molecule has 0 N–H and O–H groups in total. The third kappa shape index (κ3) is 3.53. The van der Waals surface area contributed by atoms with Gasteiger partial charge in [-0.05, 0) is 43.3 Å². The summed E-state index contributed by atoms with van der Waals surface area (Å²) in [6.45, 7) is 2.63. The molecule has 0 saturated carbocycles. The fourth-order valence-corrected chi connectivity index (χ4v) is 3.44. The van der Waals surface area contributed by atoms with Gasteiger partial charge in [0.2, 0.25) is 0 Å². The molecule has 3 aromatic rings. The monoisotopic (exact) mass is 403 g/mol. The highest BCUT2D eigenvalue weighted by molar-refractivity contribution is 6.39. The summed E-state index contributed by atoms with van der Waals surface area (Å²) in [5.74, 6) is 1.31. The molecule has 1 aliphatic heterocycles. The summed E-state index contributed by atoms with van der Waals surface area (Å²) < 4.78 is 16.7. The molecule has 0 atom stereocenters. The van der Waals surface area contributed by atoms with Gasteiger partial charge in [-0.2, -0.15) is 0 Å². The van der Waals surface area contributed by atoms with Gasteiger partial charge in [-0.25, -0.2) is 4.98 Å². The number of ether oxygens (including phenoxy) is 3. The average Bonchev–Trinajstić information content (AvgIpc) is 2.67. The Morgan fingerprint density at radius 2 is 1.85 bits per heavy atom. The molecule has 0 saturated heterocycles. The molecule has 0 radical (unpaired) electrons. The Bertz CT molecular complexity index is 1050. The van der Waals surface area contributed by atoms with Crippen molar-refractivity contribution in [2.75, 3.05) is 19.8 Å². The molecule has 7 heteroatoms. The Morgan fingerprint density at radius 1 is 1.07 bits per heavy atom. The second kappa shape index (κ2) is 7.25. The smallest absolute Gasteiger partial charge is 0.200 e. The van der Waals surface area contributed by atoms with Crippen LogP contribution < -0.4 is 14.2 Å². The number of fused-ring (bicyclic) bond motifs is 2. The lowest BCUT2D eigenvalue weighted by Crippen LogP contribution is -2.17. The van der Waals surface area contributed by atoms with Crippen LogP contribution in [0, 0.1) is 6.92 Å². The number of halogens is 2. The maximum atomic E-state index is 12.6. The van der Waals surface area contributed by atoms with Crippen molar-refractivity contribution < 1.29 is 19.0 Å². The summed E-state index contributed by atoms with van der Waals surface area (Å²) >= 11 is 12.5. The fraction of sp³-hybridized carbons (Fsp3) is 0.200. The Labute approximate surface area is 165 Å². The van der Waals surface area contributed by atoms with E-state index >= 15 is 0 Å². The maximum absolute atomic E-state index is 12.6. The molecule has 0 spiro atoms. The van der Waals surface area contributed by atoms with Gasteiger partial charge in [0.05, 0.1) is 10.0 Å². The SMILES string of the molecule is Cc1ccc2c(Cl)cc(Cl)c(OCC(=O)c3ccc4c(c3)OCCO4)c2n1. The second-order valence-corrected chi connectivity index (χ2v) is 6.90. The number of pyridine rings is 1. The lowest BCUT2D eigenvalue weighted by Gasteiger charge is -2.18. The normalized spacial score (nSPS) is 12.9. The summed E-state index contributed by atoms with van der Waals surface area (Å²) in [5, 5.41) is 1.50. The van der Waals surface area contributed by atoms with Gasteiger partial charge in [-0.1, -0.05) is 23.2 Å². The predicted octanol–water partition coefficient (Wildman–Crippen LogP) is 4.88. The van der Waals surface area contributed by atoms with Crippen LogP contribution in [0.3, 0.4) is 0 Å². The number of aryl methyl sites for hydroxylation is 1. The highest BCUT2D eigenvalue weighted by atomic mass is 35.5. The van der Waals surface area contributed by atoms with Gasteiger partial charge < -0.3 is 14.2 Å².